The van der Waals surface area contributed by atoms with E-state index in [-0.39, 0.29) is 17.6 Å². The average Bonchev–Trinajstić information content (AvgIpc) is 3.29. The van der Waals surface area contributed by atoms with Crippen LogP contribution in [-0.2, 0) is 15.0 Å². The first-order chi connectivity index (χ1) is 10.5. The Morgan fingerprint density at radius 3 is 2.27 bits per heavy atom. The quantitative estimate of drug-likeness (QED) is 0.924. The molecule has 1 heterocycles. The van der Waals surface area contributed by atoms with E-state index in [0.29, 0.717) is 25.4 Å². The first kappa shape index (κ1) is 15.0. The fourth-order valence-electron chi connectivity index (χ4n) is 3.45. The van der Waals surface area contributed by atoms with Crippen LogP contribution in [0.5, 0.6) is 0 Å². The summed E-state index contributed by atoms with van der Waals surface area (Å²) in [5.74, 6) is -0.104. The van der Waals surface area contributed by atoms with Crippen molar-refractivity contribution < 1.29 is 14.0 Å². The fourth-order valence-corrected chi connectivity index (χ4v) is 3.45. The summed E-state index contributed by atoms with van der Waals surface area (Å²) < 4.78 is 13.1. The third-order valence-corrected chi connectivity index (χ3v) is 4.95. The minimum Gasteiger partial charge on any atom is -0.370 e. The highest BCUT2D eigenvalue weighted by atomic mass is 19.1. The van der Waals surface area contributed by atoms with Crippen LogP contribution in [0.3, 0.4) is 0 Å². The maximum atomic E-state index is 13.1. The van der Waals surface area contributed by atoms with Gasteiger partial charge >= 0.3 is 0 Å². The predicted octanol–water partition coefficient (Wildman–Crippen LogP) is 1.97. The number of primary amides is 1. The van der Waals surface area contributed by atoms with Gasteiger partial charge in [0.05, 0.1) is 5.41 Å². The summed E-state index contributed by atoms with van der Waals surface area (Å²) in [7, 11) is 0. The molecule has 0 bridgehead atoms. The summed E-state index contributed by atoms with van der Waals surface area (Å²) in [4.78, 5) is 25.7. The third kappa shape index (κ3) is 2.85. The molecule has 0 spiro atoms. The van der Waals surface area contributed by atoms with Gasteiger partial charge < -0.3 is 10.6 Å². The molecule has 22 heavy (non-hydrogen) atoms. The van der Waals surface area contributed by atoms with Gasteiger partial charge in [0, 0.05) is 19.5 Å². The van der Waals surface area contributed by atoms with Gasteiger partial charge in [0.25, 0.3) is 0 Å². The van der Waals surface area contributed by atoms with Gasteiger partial charge in [-0.25, -0.2) is 4.39 Å². The second kappa shape index (κ2) is 5.71. The molecule has 2 fully saturated rings. The molecule has 0 radical (unpaired) electrons. The van der Waals surface area contributed by atoms with Crippen molar-refractivity contribution in [2.24, 2.45) is 11.7 Å². The number of carbonyl (C=O) groups excluding carboxylic acids is 2. The van der Waals surface area contributed by atoms with Crippen molar-refractivity contribution in [2.45, 2.75) is 37.5 Å². The Bertz CT molecular complexity index is 573. The molecule has 2 aliphatic rings. The molecular formula is C17H21FN2O2. The Morgan fingerprint density at radius 1 is 1.18 bits per heavy atom. The second-order valence-electron chi connectivity index (χ2n) is 6.50. The Hall–Kier alpha value is -1.91. The topological polar surface area (TPSA) is 63.4 Å². The molecule has 1 saturated carbocycles. The lowest BCUT2D eigenvalue weighted by atomic mass is 9.90. The van der Waals surface area contributed by atoms with E-state index in [1.165, 1.54) is 12.1 Å². The number of piperidine rings is 1. The molecule has 2 N–H and O–H groups in total. The smallest absolute Gasteiger partial charge is 0.233 e. The number of benzene rings is 1. The largest absolute Gasteiger partial charge is 0.370 e. The summed E-state index contributed by atoms with van der Waals surface area (Å²) in [6.07, 6.45) is 3.73. The van der Waals surface area contributed by atoms with Gasteiger partial charge in [0.2, 0.25) is 11.8 Å². The number of rotatable bonds is 4. The van der Waals surface area contributed by atoms with Crippen molar-refractivity contribution in [3.63, 3.8) is 0 Å². The average molecular weight is 304 g/mol. The van der Waals surface area contributed by atoms with Crippen LogP contribution in [0.1, 0.15) is 37.7 Å². The van der Waals surface area contributed by atoms with E-state index < -0.39 is 5.41 Å². The van der Waals surface area contributed by atoms with Crippen LogP contribution in [0.25, 0.3) is 0 Å². The maximum absolute atomic E-state index is 13.1. The monoisotopic (exact) mass is 304 g/mol. The van der Waals surface area contributed by atoms with E-state index in [1.54, 1.807) is 12.1 Å². The summed E-state index contributed by atoms with van der Waals surface area (Å²) >= 11 is 0. The summed E-state index contributed by atoms with van der Waals surface area (Å²) in [5, 5.41) is 0. The number of halogens is 1. The van der Waals surface area contributed by atoms with Gasteiger partial charge in [-0.05, 0) is 49.3 Å². The molecule has 1 saturated heterocycles. The van der Waals surface area contributed by atoms with Crippen molar-refractivity contribution in [1.29, 1.82) is 0 Å². The highest BCUT2D eigenvalue weighted by molar-refractivity contribution is 5.91. The number of nitrogens with zero attached hydrogens (tertiary/aromatic N) is 1. The Morgan fingerprint density at radius 2 is 1.77 bits per heavy atom. The van der Waals surface area contributed by atoms with E-state index in [9.17, 15) is 14.0 Å². The van der Waals surface area contributed by atoms with Crippen molar-refractivity contribution >= 4 is 11.8 Å². The van der Waals surface area contributed by atoms with Gasteiger partial charge in [-0.1, -0.05) is 12.1 Å². The first-order valence-electron chi connectivity index (χ1n) is 7.85. The number of carbonyl (C=O) groups is 2. The zero-order valence-electron chi connectivity index (χ0n) is 12.6. The SMILES string of the molecule is NC(=O)CC1CCN(C(=O)C2(c3ccc(F)cc3)CC2)CC1. The molecular weight excluding hydrogens is 283 g/mol. The van der Waals surface area contributed by atoms with Crippen LogP contribution >= 0.6 is 0 Å². The first-order valence-corrected chi connectivity index (χ1v) is 7.85. The molecule has 1 aliphatic carbocycles. The molecule has 0 aromatic heterocycles. The Balaban J connectivity index is 1.65. The molecule has 5 heteroatoms. The molecule has 2 amide bonds. The Kier molecular flexibility index (Phi) is 3.89. The zero-order valence-corrected chi connectivity index (χ0v) is 12.6. The van der Waals surface area contributed by atoms with Crippen LogP contribution in [-0.4, -0.2) is 29.8 Å². The maximum Gasteiger partial charge on any atom is 0.233 e. The molecule has 0 unspecified atom stereocenters. The number of likely N-dealkylation sites (tertiary alicyclic amines) is 1. The van der Waals surface area contributed by atoms with Crippen molar-refractivity contribution in [3.05, 3.63) is 35.6 Å². The van der Waals surface area contributed by atoms with Crippen molar-refractivity contribution in [1.82, 2.24) is 4.90 Å². The minimum absolute atomic E-state index is 0.150. The van der Waals surface area contributed by atoms with Crippen molar-refractivity contribution in [2.75, 3.05) is 13.1 Å². The van der Waals surface area contributed by atoms with Crippen LogP contribution in [0, 0.1) is 11.7 Å². The molecule has 3 rings (SSSR count). The molecule has 1 aliphatic heterocycles. The van der Waals surface area contributed by atoms with Crippen molar-refractivity contribution in [3.8, 4) is 0 Å². The summed E-state index contributed by atoms with van der Waals surface area (Å²) in [5.41, 5.74) is 5.71. The number of hydrogen-bond donors (Lipinski definition) is 1. The van der Waals surface area contributed by atoms with Crippen LogP contribution in [0.2, 0.25) is 0 Å². The third-order valence-electron chi connectivity index (χ3n) is 4.95. The minimum atomic E-state index is -0.440. The van der Waals surface area contributed by atoms with Gasteiger partial charge in [0.1, 0.15) is 5.82 Å². The predicted molar refractivity (Wildman–Crippen MR) is 80.4 cm³/mol. The summed E-state index contributed by atoms with van der Waals surface area (Å²) in [6, 6.07) is 6.28. The van der Waals surface area contributed by atoms with E-state index >= 15 is 0 Å². The summed E-state index contributed by atoms with van der Waals surface area (Å²) in [6.45, 7) is 1.36. The van der Waals surface area contributed by atoms with E-state index in [2.05, 4.69) is 0 Å². The molecule has 1 aromatic carbocycles. The number of hydrogen-bond acceptors (Lipinski definition) is 2. The van der Waals surface area contributed by atoms with Crippen LogP contribution in [0.15, 0.2) is 24.3 Å². The molecule has 4 nitrogen and oxygen atoms in total. The zero-order chi connectivity index (χ0) is 15.7. The molecule has 1 aromatic rings. The van der Waals surface area contributed by atoms with Gasteiger partial charge in [0.15, 0.2) is 0 Å². The highest BCUT2D eigenvalue weighted by Gasteiger charge is 2.53. The van der Waals surface area contributed by atoms with E-state index in [4.69, 9.17) is 5.73 Å². The fraction of sp³-hybridized carbons (Fsp3) is 0.529. The van der Waals surface area contributed by atoms with Gasteiger partial charge in [-0.15, -0.1) is 0 Å². The van der Waals surface area contributed by atoms with E-state index in [0.717, 1.165) is 31.2 Å². The number of nitrogens with two attached hydrogens (primary N) is 1. The molecule has 118 valence electrons. The standard InChI is InChI=1S/C17H21FN2O2/c18-14-3-1-13(2-4-14)17(7-8-17)16(22)20-9-5-12(6-10-20)11-15(19)21/h1-4,12H,5-11H2,(H2,19,21). The van der Waals surface area contributed by atoms with Crippen LogP contribution < -0.4 is 5.73 Å². The molecule has 0 atom stereocenters. The van der Waals surface area contributed by atoms with E-state index in [1.807, 2.05) is 4.90 Å². The van der Waals surface area contributed by atoms with Gasteiger partial charge in [-0.3, -0.25) is 9.59 Å². The van der Waals surface area contributed by atoms with Crippen LogP contribution in [0.4, 0.5) is 4.39 Å². The van der Waals surface area contributed by atoms with Gasteiger partial charge in [-0.2, -0.15) is 0 Å². The highest BCUT2D eigenvalue weighted by Crippen LogP contribution is 2.50. The normalized spacial score (nSPS) is 20.7. The lowest BCUT2D eigenvalue weighted by Gasteiger charge is -2.34. The lowest BCUT2D eigenvalue weighted by Crippen LogP contribution is -2.44. The second-order valence-corrected chi connectivity index (χ2v) is 6.50. The number of amides is 2. The Labute approximate surface area is 129 Å². The lowest BCUT2D eigenvalue weighted by molar-refractivity contribution is -0.135.